The minimum atomic E-state index is -3.01. The van der Waals surface area contributed by atoms with Gasteiger partial charge >= 0.3 is 5.97 Å². The summed E-state index contributed by atoms with van der Waals surface area (Å²) in [5, 5.41) is 11.9. The van der Waals surface area contributed by atoms with Gasteiger partial charge in [0.25, 0.3) is 0 Å². The standard InChI is InChI=1S/C12H16BrNO4S/c1-8(7-19(2,17)18)14-6-10-4-3-9(12(15)16)5-11(10)13/h3-5,8,14H,6-7H2,1-2H3,(H,15,16). The molecule has 1 aromatic carbocycles. The van der Waals surface area contributed by atoms with E-state index in [9.17, 15) is 13.2 Å². The SMILES string of the molecule is CC(CS(C)(=O)=O)NCc1ccc(C(=O)O)cc1Br. The first-order valence-corrected chi connectivity index (χ1v) is 8.47. The van der Waals surface area contributed by atoms with Gasteiger partial charge in [0, 0.05) is 23.3 Å². The van der Waals surface area contributed by atoms with Gasteiger partial charge in [-0.3, -0.25) is 0 Å². The van der Waals surface area contributed by atoms with Crippen LogP contribution in [0.4, 0.5) is 0 Å². The van der Waals surface area contributed by atoms with Crippen molar-refractivity contribution in [3.63, 3.8) is 0 Å². The molecule has 0 bridgehead atoms. The van der Waals surface area contributed by atoms with E-state index in [1.54, 1.807) is 13.0 Å². The Bertz CT molecular complexity index is 571. The summed E-state index contributed by atoms with van der Waals surface area (Å²) in [7, 11) is -3.01. The van der Waals surface area contributed by atoms with Gasteiger partial charge in [0.05, 0.1) is 11.3 Å². The molecule has 0 spiro atoms. The molecule has 1 aromatic rings. The summed E-state index contributed by atoms with van der Waals surface area (Å²) in [5.74, 6) is -0.914. The third-order valence-electron chi connectivity index (χ3n) is 2.49. The fourth-order valence-electron chi connectivity index (χ4n) is 1.62. The Labute approximate surface area is 121 Å². The summed E-state index contributed by atoms with van der Waals surface area (Å²) in [5.41, 5.74) is 1.09. The van der Waals surface area contributed by atoms with E-state index >= 15 is 0 Å². The molecule has 19 heavy (non-hydrogen) atoms. The summed E-state index contributed by atoms with van der Waals surface area (Å²) >= 11 is 3.31. The molecule has 7 heteroatoms. The summed E-state index contributed by atoms with van der Waals surface area (Å²) in [6, 6.07) is 4.58. The first-order valence-electron chi connectivity index (χ1n) is 5.62. The van der Waals surface area contributed by atoms with Gasteiger partial charge in [0.1, 0.15) is 9.84 Å². The Hall–Kier alpha value is -0.920. The van der Waals surface area contributed by atoms with Crippen molar-refractivity contribution < 1.29 is 18.3 Å². The number of benzene rings is 1. The van der Waals surface area contributed by atoms with Crippen molar-refractivity contribution in [1.29, 1.82) is 0 Å². The largest absolute Gasteiger partial charge is 0.478 e. The van der Waals surface area contributed by atoms with E-state index in [1.807, 2.05) is 0 Å². The highest BCUT2D eigenvalue weighted by atomic mass is 79.9. The second-order valence-corrected chi connectivity index (χ2v) is 7.52. The highest BCUT2D eigenvalue weighted by molar-refractivity contribution is 9.10. The molecular weight excluding hydrogens is 334 g/mol. The summed E-state index contributed by atoms with van der Waals surface area (Å²) in [4.78, 5) is 10.8. The zero-order valence-corrected chi connectivity index (χ0v) is 13.1. The molecule has 0 fully saturated rings. The molecule has 1 rings (SSSR count). The average Bonchev–Trinajstić information content (AvgIpc) is 2.24. The molecule has 0 aliphatic carbocycles. The van der Waals surface area contributed by atoms with Crippen LogP contribution in [0.2, 0.25) is 0 Å². The predicted octanol–water partition coefficient (Wildman–Crippen LogP) is 1.67. The molecule has 5 nitrogen and oxygen atoms in total. The molecule has 0 aromatic heterocycles. The Morgan fingerprint density at radius 2 is 2.11 bits per heavy atom. The molecule has 0 aliphatic rings. The van der Waals surface area contributed by atoms with Crippen LogP contribution >= 0.6 is 15.9 Å². The highest BCUT2D eigenvalue weighted by Crippen LogP contribution is 2.18. The van der Waals surface area contributed by atoms with Crippen LogP contribution in [0, 0.1) is 0 Å². The topological polar surface area (TPSA) is 83.5 Å². The number of halogens is 1. The third-order valence-corrected chi connectivity index (χ3v) is 4.34. The van der Waals surface area contributed by atoms with Crippen molar-refractivity contribution in [2.45, 2.75) is 19.5 Å². The van der Waals surface area contributed by atoms with Crippen LogP contribution in [0.25, 0.3) is 0 Å². The molecule has 0 amide bonds. The van der Waals surface area contributed by atoms with Crippen LogP contribution in [0.1, 0.15) is 22.8 Å². The Balaban J connectivity index is 2.66. The van der Waals surface area contributed by atoms with Gasteiger partial charge < -0.3 is 10.4 Å². The number of hydrogen-bond donors (Lipinski definition) is 2. The van der Waals surface area contributed by atoms with Crippen molar-refractivity contribution >= 4 is 31.7 Å². The lowest BCUT2D eigenvalue weighted by atomic mass is 10.1. The molecule has 0 heterocycles. The molecule has 0 saturated carbocycles. The van der Waals surface area contributed by atoms with E-state index in [4.69, 9.17) is 5.11 Å². The summed E-state index contributed by atoms with van der Waals surface area (Å²) in [6.07, 6.45) is 1.20. The van der Waals surface area contributed by atoms with E-state index in [0.717, 1.165) is 5.56 Å². The maximum absolute atomic E-state index is 11.1. The van der Waals surface area contributed by atoms with Crippen molar-refractivity contribution in [2.75, 3.05) is 12.0 Å². The van der Waals surface area contributed by atoms with Crippen LogP contribution in [0.5, 0.6) is 0 Å². The number of sulfone groups is 1. The van der Waals surface area contributed by atoms with E-state index in [1.165, 1.54) is 18.4 Å². The quantitative estimate of drug-likeness (QED) is 0.816. The lowest BCUT2D eigenvalue weighted by Gasteiger charge is -2.13. The zero-order chi connectivity index (χ0) is 14.6. The third kappa shape index (κ3) is 5.71. The number of carboxylic acids is 1. The maximum atomic E-state index is 11.1. The van der Waals surface area contributed by atoms with Crippen LogP contribution in [-0.2, 0) is 16.4 Å². The van der Waals surface area contributed by atoms with E-state index in [-0.39, 0.29) is 17.4 Å². The van der Waals surface area contributed by atoms with Crippen molar-refractivity contribution in [3.05, 3.63) is 33.8 Å². The number of carbonyl (C=O) groups is 1. The number of carboxylic acid groups (broad SMARTS) is 1. The molecule has 106 valence electrons. The monoisotopic (exact) mass is 349 g/mol. The average molecular weight is 350 g/mol. The van der Waals surface area contributed by atoms with E-state index in [2.05, 4.69) is 21.2 Å². The molecule has 1 unspecified atom stereocenters. The van der Waals surface area contributed by atoms with Gasteiger partial charge in [-0.05, 0) is 24.6 Å². The second-order valence-electron chi connectivity index (χ2n) is 4.49. The van der Waals surface area contributed by atoms with Gasteiger partial charge in [-0.25, -0.2) is 13.2 Å². The van der Waals surface area contributed by atoms with Gasteiger partial charge in [-0.2, -0.15) is 0 Å². The molecule has 0 saturated heterocycles. The predicted molar refractivity (Wildman–Crippen MR) is 77.1 cm³/mol. The number of aromatic carboxylic acids is 1. The Morgan fingerprint density at radius 3 is 2.58 bits per heavy atom. The van der Waals surface area contributed by atoms with Crippen molar-refractivity contribution in [2.24, 2.45) is 0 Å². The number of hydrogen-bond acceptors (Lipinski definition) is 4. The molecule has 2 N–H and O–H groups in total. The molecule has 0 radical (unpaired) electrons. The Morgan fingerprint density at radius 1 is 1.47 bits per heavy atom. The highest BCUT2D eigenvalue weighted by Gasteiger charge is 2.11. The van der Waals surface area contributed by atoms with Crippen molar-refractivity contribution in [3.8, 4) is 0 Å². The van der Waals surface area contributed by atoms with Gasteiger partial charge in [-0.1, -0.05) is 22.0 Å². The normalized spacial score (nSPS) is 13.2. The van der Waals surface area contributed by atoms with Gasteiger partial charge in [-0.15, -0.1) is 0 Å². The minimum Gasteiger partial charge on any atom is -0.478 e. The van der Waals surface area contributed by atoms with Gasteiger partial charge in [0.15, 0.2) is 0 Å². The van der Waals surface area contributed by atoms with Gasteiger partial charge in [0.2, 0.25) is 0 Å². The van der Waals surface area contributed by atoms with Crippen LogP contribution < -0.4 is 5.32 Å². The van der Waals surface area contributed by atoms with Crippen molar-refractivity contribution in [1.82, 2.24) is 5.32 Å². The molecule has 1 atom stereocenters. The van der Waals surface area contributed by atoms with E-state index in [0.29, 0.717) is 11.0 Å². The lowest BCUT2D eigenvalue weighted by molar-refractivity contribution is 0.0696. The van der Waals surface area contributed by atoms with Crippen LogP contribution in [0.15, 0.2) is 22.7 Å². The minimum absolute atomic E-state index is 0.0673. The fourth-order valence-corrected chi connectivity index (χ4v) is 3.17. The van der Waals surface area contributed by atoms with E-state index < -0.39 is 15.8 Å². The first-order chi connectivity index (χ1) is 8.69. The number of rotatable bonds is 6. The second kappa shape index (κ2) is 6.49. The fraction of sp³-hybridized carbons (Fsp3) is 0.417. The smallest absolute Gasteiger partial charge is 0.335 e. The first kappa shape index (κ1) is 16.1. The molecule has 0 aliphatic heterocycles. The lowest BCUT2D eigenvalue weighted by Crippen LogP contribution is -2.32. The molecular formula is C12H16BrNO4S. The summed E-state index contributed by atoms with van der Waals surface area (Å²) in [6.45, 7) is 2.26. The number of nitrogens with one attached hydrogen (secondary N) is 1. The van der Waals surface area contributed by atoms with Crippen LogP contribution in [0.3, 0.4) is 0 Å². The Kier molecular flexibility index (Phi) is 5.51. The van der Waals surface area contributed by atoms with Crippen LogP contribution in [-0.4, -0.2) is 37.5 Å². The zero-order valence-electron chi connectivity index (χ0n) is 10.7. The summed E-state index contributed by atoms with van der Waals surface area (Å²) < 4.78 is 22.9. The maximum Gasteiger partial charge on any atom is 0.335 e.